The Morgan fingerprint density at radius 1 is 1.30 bits per heavy atom. The molecule has 2 unspecified atom stereocenters. The second kappa shape index (κ2) is 4.94. The largest absolute Gasteiger partial charge is 0.465 e. The predicted octanol–water partition coefficient (Wildman–Crippen LogP) is 2.59. The van der Waals surface area contributed by atoms with Crippen molar-refractivity contribution in [1.82, 2.24) is 24.8 Å². The van der Waals surface area contributed by atoms with Crippen molar-refractivity contribution in [2.24, 2.45) is 17.8 Å². The fourth-order valence-electron chi connectivity index (χ4n) is 6.71. The van der Waals surface area contributed by atoms with Crippen LogP contribution in [0.2, 0.25) is 0 Å². The van der Waals surface area contributed by atoms with E-state index in [9.17, 15) is 14.7 Å². The summed E-state index contributed by atoms with van der Waals surface area (Å²) in [5.41, 5.74) is 2.07. The monoisotopic (exact) mass is 367 g/mol. The highest BCUT2D eigenvalue weighted by Gasteiger charge is 2.57. The van der Waals surface area contributed by atoms with Gasteiger partial charge in [0.15, 0.2) is 0 Å². The summed E-state index contributed by atoms with van der Waals surface area (Å²) in [4.78, 5) is 34.8. The number of H-pyrrole nitrogens is 2. The molecule has 0 spiro atoms. The maximum absolute atomic E-state index is 12.9. The van der Waals surface area contributed by atoms with Crippen LogP contribution >= 0.6 is 0 Å². The summed E-state index contributed by atoms with van der Waals surface area (Å²) in [6.07, 6.45) is 7.35. The molecule has 4 N–H and O–H groups in total. The molecule has 4 bridgehead atoms. The quantitative estimate of drug-likeness (QED) is 0.557. The van der Waals surface area contributed by atoms with Gasteiger partial charge in [-0.25, -0.2) is 14.6 Å². The molecule has 140 valence electrons. The highest BCUT2D eigenvalue weighted by Crippen LogP contribution is 2.60. The number of carbonyl (C=O) groups is 1. The molecule has 3 aromatic rings. The van der Waals surface area contributed by atoms with E-state index in [1.54, 1.807) is 6.20 Å². The van der Waals surface area contributed by atoms with Gasteiger partial charge in [0.25, 0.3) is 0 Å². The Bertz CT molecular complexity index is 1130. The molecule has 1 amide bonds. The summed E-state index contributed by atoms with van der Waals surface area (Å²) < 4.78 is 1.95. The lowest BCUT2D eigenvalue weighted by molar-refractivity contribution is -0.0565. The molecular formula is C19H21N5O3. The molecule has 0 saturated heterocycles. The minimum atomic E-state index is -0.933. The van der Waals surface area contributed by atoms with Gasteiger partial charge < -0.3 is 20.4 Å². The van der Waals surface area contributed by atoms with E-state index in [0.717, 1.165) is 54.2 Å². The van der Waals surface area contributed by atoms with Crippen molar-refractivity contribution < 1.29 is 9.90 Å². The van der Waals surface area contributed by atoms with E-state index in [2.05, 4.69) is 20.3 Å². The van der Waals surface area contributed by atoms with Gasteiger partial charge in [-0.3, -0.25) is 4.57 Å². The van der Waals surface area contributed by atoms with Crippen molar-refractivity contribution in [3.63, 3.8) is 0 Å². The van der Waals surface area contributed by atoms with Crippen molar-refractivity contribution in [3.05, 3.63) is 28.9 Å². The van der Waals surface area contributed by atoms with Gasteiger partial charge in [-0.15, -0.1) is 0 Å². The zero-order valence-corrected chi connectivity index (χ0v) is 14.7. The molecule has 7 rings (SSSR count). The number of hydrogen-bond donors (Lipinski definition) is 4. The molecule has 4 saturated carbocycles. The predicted molar refractivity (Wildman–Crippen MR) is 98.7 cm³/mol. The Morgan fingerprint density at radius 3 is 2.81 bits per heavy atom. The van der Waals surface area contributed by atoms with E-state index in [1.807, 2.05) is 16.8 Å². The number of aromatic amines is 2. The molecule has 0 aromatic carbocycles. The topological polar surface area (TPSA) is 116 Å². The summed E-state index contributed by atoms with van der Waals surface area (Å²) in [6, 6.07) is 2.09. The minimum Gasteiger partial charge on any atom is -0.465 e. The number of aromatic nitrogens is 4. The third-order valence-electron chi connectivity index (χ3n) is 7.15. The molecule has 8 nitrogen and oxygen atoms in total. The van der Waals surface area contributed by atoms with E-state index in [0.29, 0.717) is 17.8 Å². The van der Waals surface area contributed by atoms with Crippen molar-refractivity contribution >= 4 is 28.2 Å². The molecule has 4 fully saturated rings. The van der Waals surface area contributed by atoms with E-state index in [1.165, 1.54) is 0 Å². The zero-order chi connectivity index (χ0) is 18.3. The number of nitrogens with one attached hydrogen (secondary N) is 3. The van der Waals surface area contributed by atoms with E-state index >= 15 is 0 Å². The second-order valence-corrected chi connectivity index (χ2v) is 8.73. The van der Waals surface area contributed by atoms with Gasteiger partial charge in [0.2, 0.25) is 0 Å². The van der Waals surface area contributed by atoms with Crippen molar-refractivity contribution in [3.8, 4) is 0 Å². The number of fused-ring (bicyclic) bond motifs is 3. The van der Waals surface area contributed by atoms with Crippen LogP contribution in [-0.4, -0.2) is 36.3 Å². The van der Waals surface area contributed by atoms with Gasteiger partial charge in [-0.05, 0) is 55.9 Å². The van der Waals surface area contributed by atoms with Crippen molar-refractivity contribution in [2.45, 2.75) is 43.7 Å². The molecule has 2 atom stereocenters. The van der Waals surface area contributed by atoms with Crippen LogP contribution in [0.15, 0.2) is 23.3 Å². The number of imidazole rings is 1. The first kappa shape index (κ1) is 15.3. The zero-order valence-electron chi connectivity index (χ0n) is 14.7. The maximum Gasteiger partial charge on any atom is 0.405 e. The first-order valence-electron chi connectivity index (χ1n) is 9.60. The number of hydrogen-bond acceptors (Lipinski definition) is 3. The van der Waals surface area contributed by atoms with Crippen LogP contribution in [0.4, 0.5) is 4.79 Å². The first-order chi connectivity index (χ1) is 13.0. The average Bonchev–Trinajstić information content (AvgIpc) is 3.17. The molecule has 4 aliphatic carbocycles. The molecule has 8 heteroatoms. The van der Waals surface area contributed by atoms with E-state index < -0.39 is 6.09 Å². The number of pyridine rings is 1. The summed E-state index contributed by atoms with van der Waals surface area (Å²) >= 11 is 0. The maximum atomic E-state index is 12.9. The Balaban J connectivity index is 1.51. The normalized spacial score (nSPS) is 34.5. The third-order valence-corrected chi connectivity index (χ3v) is 7.15. The van der Waals surface area contributed by atoms with Gasteiger partial charge in [-0.2, -0.15) is 0 Å². The molecule has 4 aliphatic rings. The molecule has 0 radical (unpaired) electrons. The van der Waals surface area contributed by atoms with Crippen LogP contribution in [0.25, 0.3) is 22.1 Å². The van der Waals surface area contributed by atoms with Crippen LogP contribution in [0.1, 0.15) is 38.1 Å². The Labute approximate surface area is 154 Å². The summed E-state index contributed by atoms with van der Waals surface area (Å²) in [6.45, 7) is 0. The van der Waals surface area contributed by atoms with Gasteiger partial charge in [-0.1, -0.05) is 0 Å². The lowest BCUT2D eigenvalue weighted by atomic mass is 9.51. The van der Waals surface area contributed by atoms with Crippen molar-refractivity contribution in [2.75, 3.05) is 0 Å². The molecule has 0 aliphatic heterocycles. The Hall–Kier alpha value is -2.77. The van der Waals surface area contributed by atoms with Gasteiger partial charge in [0.1, 0.15) is 5.65 Å². The molecular weight excluding hydrogens is 346 g/mol. The first-order valence-corrected chi connectivity index (χ1v) is 9.60. The number of nitrogens with zero attached hydrogens (tertiary/aromatic N) is 2. The minimum absolute atomic E-state index is 0.0850. The van der Waals surface area contributed by atoms with Crippen LogP contribution < -0.4 is 11.0 Å². The van der Waals surface area contributed by atoms with Gasteiger partial charge in [0.05, 0.1) is 17.2 Å². The molecule has 3 aromatic heterocycles. The van der Waals surface area contributed by atoms with Gasteiger partial charge in [0, 0.05) is 23.2 Å². The third kappa shape index (κ3) is 2.01. The lowest BCUT2D eigenvalue weighted by Crippen LogP contribution is -2.62. The highest BCUT2D eigenvalue weighted by atomic mass is 16.4. The van der Waals surface area contributed by atoms with Crippen molar-refractivity contribution in [1.29, 1.82) is 0 Å². The molecule has 27 heavy (non-hydrogen) atoms. The SMILES string of the molecule is O=C(O)NC12CC3CC(C1)C(n1c(=O)[nH]c4cnc5[nH]ccc5c41)C(C3)C2. The number of carboxylic acid groups (broad SMARTS) is 1. The standard InChI is InChI=1S/C19H21N5O3/c25-17-22-13-8-21-16-12(1-2-20-16)15(13)24(17)14-10-3-9-4-11(14)7-19(5-9,6-10)23-18(26)27/h1-2,8-11,14,23H,3-7H2,(H,20,21)(H,22,25)(H,26,27). The fourth-order valence-corrected chi connectivity index (χ4v) is 6.71. The fraction of sp³-hybridized carbons (Fsp3) is 0.526. The van der Waals surface area contributed by atoms with Crippen LogP contribution in [0, 0.1) is 17.8 Å². The lowest BCUT2D eigenvalue weighted by Gasteiger charge is -2.59. The number of rotatable bonds is 2. The number of amides is 1. The highest BCUT2D eigenvalue weighted by molar-refractivity contribution is 6.00. The summed E-state index contributed by atoms with van der Waals surface area (Å²) in [5.74, 6) is 1.20. The van der Waals surface area contributed by atoms with Crippen LogP contribution in [0.5, 0.6) is 0 Å². The summed E-state index contributed by atoms with van der Waals surface area (Å²) in [5, 5.41) is 13.1. The average molecular weight is 367 g/mol. The smallest absolute Gasteiger partial charge is 0.405 e. The van der Waals surface area contributed by atoms with E-state index in [-0.39, 0.29) is 17.3 Å². The Morgan fingerprint density at radius 2 is 2.07 bits per heavy atom. The molecule has 3 heterocycles. The summed E-state index contributed by atoms with van der Waals surface area (Å²) in [7, 11) is 0. The van der Waals surface area contributed by atoms with Crippen LogP contribution in [-0.2, 0) is 0 Å². The van der Waals surface area contributed by atoms with Crippen LogP contribution in [0.3, 0.4) is 0 Å². The Kier molecular flexibility index (Phi) is 2.80. The van der Waals surface area contributed by atoms with E-state index in [4.69, 9.17) is 0 Å². The van der Waals surface area contributed by atoms with Gasteiger partial charge >= 0.3 is 11.8 Å². The second-order valence-electron chi connectivity index (χ2n) is 8.73.